The maximum atomic E-state index is 11.5. The summed E-state index contributed by atoms with van der Waals surface area (Å²) in [6, 6.07) is 0. The number of carboxylic acids is 1. The van der Waals surface area contributed by atoms with Crippen LogP contribution in [0.2, 0.25) is 0 Å². The van der Waals surface area contributed by atoms with Gasteiger partial charge in [0.05, 0.1) is 5.92 Å². The zero-order valence-corrected chi connectivity index (χ0v) is 14.2. The predicted octanol–water partition coefficient (Wildman–Crippen LogP) is 5.22. The summed E-state index contributed by atoms with van der Waals surface area (Å²) in [5, 5.41) is 9.49. The van der Waals surface area contributed by atoms with Crippen molar-refractivity contribution in [1.29, 1.82) is 0 Å². The van der Waals surface area contributed by atoms with Gasteiger partial charge in [0.1, 0.15) is 0 Å². The van der Waals surface area contributed by atoms with Crippen molar-refractivity contribution >= 4 is 5.97 Å². The summed E-state index contributed by atoms with van der Waals surface area (Å²) in [7, 11) is 0. The van der Waals surface area contributed by atoms with Crippen molar-refractivity contribution < 1.29 is 9.90 Å². The lowest BCUT2D eigenvalue weighted by atomic mass is 9.74. The van der Waals surface area contributed by atoms with Gasteiger partial charge in [-0.15, -0.1) is 0 Å². The average Bonchev–Trinajstić information content (AvgIpc) is 2.07. The van der Waals surface area contributed by atoms with E-state index in [9.17, 15) is 9.90 Å². The van der Waals surface area contributed by atoms with Crippen LogP contribution in [-0.4, -0.2) is 11.1 Å². The first kappa shape index (κ1) is 18.5. The van der Waals surface area contributed by atoms with Crippen LogP contribution in [0.1, 0.15) is 74.7 Å². The van der Waals surface area contributed by atoms with Crippen LogP contribution < -0.4 is 0 Å². The molecule has 0 aliphatic rings. The summed E-state index contributed by atoms with van der Waals surface area (Å²) >= 11 is 0. The van der Waals surface area contributed by atoms with Crippen LogP contribution in [0, 0.1) is 28.6 Å². The van der Waals surface area contributed by atoms with Crippen molar-refractivity contribution in [2.24, 2.45) is 28.6 Å². The van der Waals surface area contributed by atoms with Gasteiger partial charge in [0.2, 0.25) is 0 Å². The molecule has 0 fully saturated rings. The molecule has 0 saturated heterocycles. The van der Waals surface area contributed by atoms with Gasteiger partial charge in [-0.25, -0.2) is 0 Å². The molecule has 1 N–H and O–H groups in total. The van der Waals surface area contributed by atoms with Crippen LogP contribution >= 0.6 is 0 Å². The molecule has 3 unspecified atom stereocenters. The lowest BCUT2D eigenvalue weighted by Crippen LogP contribution is -2.28. The van der Waals surface area contributed by atoms with E-state index in [1.807, 2.05) is 0 Å². The molecule has 3 atom stereocenters. The minimum Gasteiger partial charge on any atom is -0.481 e. The van der Waals surface area contributed by atoms with Gasteiger partial charge in [-0.1, -0.05) is 55.4 Å². The van der Waals surface area contributed by atoms with E-state index in [1.165, 1.54) is 0 Å². The molecule has 0 saturated carbocycles. The fourth-order valence-electron chi connectivity index (χ4n) is 3.25. The Morgan fingerprint density at radius 2 is 1.37 bits per heavy atom. The predicted molar refractivity (Wildman–Crippen MR) is 82.2 cm³/mol. The monoisotopic (exact) mass is 270 g/mol. The smallest absolute Gasteiger partial charge is 0.306 e. The molecular formula is C17H34O2. The van der Waals surface area contributed by atoms with Crippen LogP contribution in [0.3, 0.4) is 0 Å². The van der Waals surface area contributed by atoms with Gasteiger partial charge >= 0.3 is 5.97 Å². The summed E-state index contributed by atoms with van der Waals surface area (Å²) in [5.41, 5.74) is 0.468. The normalized spacial score (nSPS) is 17.9. The zero-order valence-electron chi connectivity index (χ0n) is 14.2. The molecule has 0 heterocycles. The lowest BCUT2D eigenvalue weighted by Gasteiger charge is -2.30. The Labute approximate surface area is 120 Å². The third-order valence-electron chi connectivity index (χ3n) is 3.56. The summed E-state index contributed by atoms with van der Waals surface area (Å²) in [6.45, 7) is 17.5. The van der Waals surface area contributed by atoms with E-state index in [2.05, 4.69) is 55.4 Å². The molecule has 0 rings (SSSR count). The summed E-state index contributed by atoms with van der Waals surface area (Å²) in [5.74, 6) is -0.141. The van der Waals surface area contributed by atoms with Gasteiger partial charge < -0.3 is 5.11 Å². The molecule has 0 bridgehead atoms. The Kier molecular flexibility index (Phi) is 6.57. The van der Waals surface area contributed by atoms with Crippen LogP contribution in [0.15, 0.2) is 0 Å². The van der Waals surface area contributed by atoms with E-state index >= 15 is 0 Å². The zero-order chi connectivity index (χ0) is 15.4. The average molecular weight is 270 g/mol. The van der Waals surface area contributed by atoms with Crippen molar-refractivity contribution in [3.05, 3.63) is 0 Å². The minimum atomic E-state index is -0.627. The maximum absolute atomic E-state index is 11.5. The third-order valence-corrected chi connectivity index (χ3v) is 3.56. The summed E-state index contributed by atoms with van der Waals surface area (Å²) in [4.78, 5) is 11.5. The van der Waals surface area contributed by atoms with Crippen molar-refractivity contribution in [2.45, 2.75) is 74.7 Å². The number of hydrogen-bond acceptors (Lipinski definition) is 1. The summed E-state index contributed by atoms with van der Waals surface area (Å²) in [6.07, 6.45) is 2.84. The highest BCUT2D eigenvalue weighted by atomic mass is 16.4. The molecular weight excluding hydrogens is 236 g/mol. The van der Waals surface area contributed by atoms with Gasteiger partial charge in [0.25, 0.3) is 0 Å². The van der Waals surface area contributed by atoms with Crippen LogP contribution in [-0.2, 0) is 4.79 Å². The first-order chi connectivity index (χ1) is 8.32. The molecule has 0 radical (unpaired) electrons. The number of rotatable bonds is 6. The van der Waals surface area contributed by atoms with Crippen molar-refractivity contribution in [3.8, 4) is 0 Å². The number of carboxylic acid groups (broad SMARTS) is 1. The van der Waals surface area contributed by atoms with E-state index in [0.29, 0.717) is 5.92 Å². The first-order valence-corrected chi connectivity index (χ1v) is 7.54. The molecule has 0 aliphatic heterocycles. The van der Waals surface area contributed by atoms with Crippen molar-refractivity contribution in [3.63, 3.8) is 0 Å². The Morgan fingerprint density at radius 1 is 0.947 bits per heavy atom. The Bertz CT molecular complexity index is 281. The number of hydrogen-bond donors (Lipinski definition) is 1. The van der Waals surface area contributed by atoms with E-state index in [1.54, 1.807) is 0 Å². The van der Waals surface area contributed by atoms with E-state index < -0.39 is 5.97 Å². The number of aliphatic carboxylic acids is 1. The van der Waals surface area contributed by atoms with Gasteiger partial charge in [-0.05, 0) is 41.9 Å². The molecule has 0 aromatic carbocycles. The van der Waals surface area contributed by atoms with Gasteiger partial charge in [0, 0.05) is 0 Å². The van der Waals surface area contributed by atoms with Gasteiger partial charge in [-0.2, -0.15) is 0 Å². The van der Waals surface area contributed by atoms with E-state index in [4.69, 9.17) is 0 Å². The Balaban J connectivity index is 4.62. The molecule has 0 aliphatic carbocycles. The fraction of sp³-hybridized carbons (Fsp3) is 0.941. The minimum absolute atomic E-state index is 0.195. The highest BCUT2D eigenvalue weighted by Gasteiger charge is 2.30. The van der Waals surface area contributed by atoms with Crippen LogP contribution in [0.25, 0.3) is 0 Å². The van der Waals surface area contributed by atoms with Crippen molar-refractivity contribution in [1.82, 2.24) is 0 Å². The molecule has 2 nitrogen and oxygen atoms in total. The first-order valence-electron chi connectivity index (χ1n) is 7.54. The molecule has 0 spiro atoms. The second-order valence-electron chi connectivity index (χ2n) is 8.79. The van der Waals surface area contributed by atoms with E-state index in [0.717, 1.165) is 19.3 Å². The Morgan fingerprint density at radius 3 is 1.68 bits per heavy atom. The molecule has 0 amide bonds. The molecule has 19 heavy (non-hydrogen) atoms. The lowest BCUT2D eigenvalue weighted by molar-refractivity contribution is -0.144. The highest BCUT2D eigenvalue weighted by molar-refractivity contribution is 5.70. The quantitative estimate of drug-likeness (QED) is 0.718. The van der Waals surface area contributed by atoms with Crippen molar-refractivity contribution in [2.75, 3.05) is 0 Å². The second kappa shape index (κ2) is 6.76. The largest absolute Gasteiger partial charge is 0.481 e. The maximum Gasteiger partial charge on any atom is 0.306 e. The van der Waals surface area contributed by atoms with Gasteiger partial charge in [0.15, 0.2) is 0 Å². The van der Waals surface area contributed by atoms with Crippen LogP contribution in [0.4, 0.5) is 0 Å². The highest BCUT2D eigenvalue weighted by Crippen LogP contribution is 2.34. The molecule has 0 aromatic heterocycles. The third kappa shape index (κ3) is 9.07. The fourth-order valence-corrected chi connectivity index (χ4v) is 3.25. The van der Waals surface area contributed by atoms with Gasteiger partial charge in [-0.3, -0.25) is 4.79 Å². The van der Waals surface area contributed by atoms with Crippen LogP contribution in [0.5, 0.6) is 0 Å². The summed E-state index contributed by atoms with van der Waals surface area (Å²) < 4.78 is 0. The standard InChI is InChI=1S/C17H34O2/c1-12(10-16(3,4)5)9-14(15(18)19)13(2)11-17(6,7)8/h12-14H,9-11H2,1-8H3,(H,18,19). The Hall–Kier alpha value is -0.530. The molecule has 114 valence electrons. The van der Waals surface area contributed by atoms with E-state index in [-0.39, 0.29) is 22.7 Å². The molecule has 2 heteroatoms. The second-order valence-corrected chi connectivity index (χ2v) is 8.79. The number of carbonyl (C=O) groups is 1. The topological polar surface area (TPSA) is 37.3 Å². The SMILES string of the molecule is CC(CC(C(=O)O)C(C)CC(C)(C)C)CC(C)(C)C. The molecule has 0 aromatic rings.